The zero-order valence-electron chi connectivity index (χ0n) is 18.5. The summed E-state index contributed by atoms with van der Waals surface area (Å²) in [5.74, 6) is -2.33. The van der Waals surface area contributed by atoms with Crippen molar-refractivity contribution in [3.63, 3.8) is 0 Å². The molecule has 0 atom stereocenters. The molecule has 0 aromatic heterocycles. The first kappa shape index (κ1) is 22.9. The molecule has 0 saturated heterocycles. The fourth-order valence-corrected chi connectivity index (χ4v) is 4.93. The van der Waals surface area contributed by atoms with Gasteiger partial charge >= 0.3 is 0 Å². The molecule has 0 N–H and O–H groups in total. The highest BCUT2D eigenvalue weighted by Crippen LogP contribution is 2.44. The summed E-state index contributed by atoms with van der Waals surface area (Å²) in [7, 11) is 0. The van der Waals surface area contributed by atoms with Crippen LogP contribution in [0.2, 0.25) is 0 Å². The molecule has 2 nitrogen and oxygen atoms in total. The van der Waals surface area contributed by atoms with Crippen molar-refractivity contribution < 1.29 is 27.0 Å². The average molecular weight is 451 g/mol. The number of alkyl halides is 1. The van der Waals surface area contributed by atoms with E-state index < -0.39 is 24.1 Å². The van der Waals surface area contributed by atoms with E-state index >= 15 is 0 Å². The Morgan fingerprint density at radius 3 is 2.38 bits per heavy atom. The summed E-state index contributed by atoms with van der Waals surface area (Å²) in [6.45, 7) is 2.01. The number of aryl methyl sites for hydroxylation is 1. The molecule has 0 amide bonds. The summed E-state index contributed by atoms with van der Waals surface area (Å²) in [4.78, 5) is 0. The normalized spacial score (nSPS) is 19.8. The number of ether oxygens (including phenoxy) is 2. The SMILES string of the molecule is CCCC1CCC(COc2cc3c(c(F)c2F)Oc2c(ccc(CCCF)c2F)C3)CC1. The van der Waals surface area contributed by atoms with Crippen LogP contribution >= 0.6 is 0 Å². The first-order valence-electron chi connectivity index (χ1n) is 11.7. The van der Waals surface area contributed by atoms with Crippen LogP contribution in [-0.4, -0.2) is 13.3 Å². The zero-order valence-corrected chi connectivity index (χ0v) is 18.5. The second-order valence-corrected chi connectivity index (χ2v) is 9.08. The highest BCUT2D eigenvalue weighted by Gasteiger charge is 2.29. The Morgan fingerprint density at radius 2 is 1.66 bits per heavy atom. The van der Waals surface area contributed by atoms with Crippen molar-refractivity contribution in [1.82, 2.24) is 0 Å². The van der Waals surface area contributed by atoms with Gasteiger partial charge in [0.05, 0.1) is 13.3 Å². The van der Waals surface area contributed by atoms with Crippen LogP contribution in [0.3, 0.4) is 0 Å². The third-order valence-corrected chi connectivity index (χ3v) is 6.77. The molecule has 1 heterocycles. The number of hydrogen-bond acceptors (Lipinski definition) is 2. The Morgan fingerprint density at radius 1 is 0.938 bits per heavy atom. The van der Waals surface area contributed by atoms with Crippen LogP contribution in [-0.2, 0) is 12.8 Å². The van der Waals surface area contributed by atoms with Crippen molar-refractivity contribution in [3.8, 4) is 17.2 Å². The van der Waals surface area contributed by atoms with Crippen molar-refractivity contribution in [1.29, 1.82) is 0 Å². The van der Waals surface area contributed by atoms with Crippen LogP contribution in [0.4, 0.5) is 17.6 Å². The molecule has 6 heteroatoms. The van der Waals surface area contributed by atoms with Gasteiger partial charge in [-0.25, -0.2) is 4.39 Å². The summed E-state index contributed by atoms with van der Waals surface area (Å²) >= 11 is 0. The minimum atomic E-state index is -1.16. The van der Waals surface area contributed by atoms with Crippen molar-refractivity contribution in [2.45, 2.75) is 64.7 Å². The maximum Gasteiger partial charge on any atom is 0.205 e. The van der Waals surface area contributed by atoms with E-state index in [0.717, 1.165) is 31.6 Å². The molecular formula is C26H30F4O2. The Balaban J connectivity index is 1.48. The summed E-state index contributed by atoms with van der Waals surface area (Å²) in [5.41, 5.74) is 1.28. The van der Waals surface area contributed by atoms with Crippen molar-refractivity contribution in [2.75, 3.05) is 13.3 Å². The molecule has 2 aliphatic rings. The van der Waals surface area contributed by atoms with Gasteiger partial charge < -0.3 is 9.47 Å². The Labute approximate surface area is 186 Å². The van der Waals surface area contributed by atoms with Crippen molar-refractivity contribution in [3.05, 3.63) is 52.3 Å². The maximum atomic E-state index is 14.8. The number of fused-ring (bicyclic) bond motifs is 2. The lowest BCUT2D eigenvalue weighted by atomic mass is 9.80. The lowest BCUT2D eigenvalue weighted by Crippen LogP contribution is -2.20. The molecule has 0 unspecified atom stereocenters. The van der Waals surface area contributed by atoms with Gasteiger partial charge in [-0.2, -0.15) is 8.78 Å². The number of rotatable bonds is 8. The highest BCUT2D eigenvalue weighted by molar-refractivity contribution is 5.54. The average Bonchev–Trinajstić information content (AvgIpc) is 2.80. The van der Waals surface area contributed by atoms with Crippen LogP contribution < -0.4 is 9.47 Å². The monoisotopic (exact) mass is 450 g/mol. The molecule has 1 aliphatic carbocycles. The van der Waals surface area contributed by atoms with Gasteiger partial charge in [-0.15, -0.1) is 0 Å². The van der Waals surface area contributed by atoms with E-state index in [0.29, 0.717) is 29.2 Å². The Bertz CT molecular complexity index is 952. The van der Waals surface area contributed by atoms with Crippen LogP contribution in [0.25, 0.3) is 0 Å². The van der Waals surface area contributed by atoms with E-state index in [-0.39, 0.29) is 36.5 Å². The van der Waals surface area contributed by atoms with Crippen LogP contribution in [0.15, 0.2) is 18.2 Å². The van der Waals surface area contributed by atoms with Crippen LogP contribution in [0, 0.1) is 29.3 Å². The topological polar surface area (TPSA) is 18.5 Å². The molecule has 2 aromatic carbocycles. The Kier molecular flexibility index (Phi) is 7.27. The molecule has 174 valence electrons. The molecule has 1 saturated carbocycles. The van der Waals surface area contributed by atoms with Crippen molar-refractivity contribution in [2.24, 2.45) is 11.8 Å². The third-order valence-electron chi connectivity index (χ3n) is 6.77. The molecule has 0 radical (unpaired) electrons. The number of benzene rings is 2. The van der Waals surface area contributed by atoms with E-state index in [1.165, 1.54) is 18.9 Å². The maximum absolute atomic E-state index is 14.8. The lowest BCUT2D eigenvalue weighted by molar-refractivity contribution is 0.173. The number of hydrogen-bond donors (Lipinski definition) is 0. The smallest absolute Gasteiger partial charge is 0.205 e. The number of halogens is 4. The van der Waals surface area contributed by atoms with E-state index in [9.17, 15) is 17.6 Å². The predicted octanol–water partition coefficient (Wildman–Crippen LogP) is 7.69. The molecule has 1 fully saturated rings. The summed E-state index contributed by atoms with van der Waals surface area (Å²) in [6.07, 6.45) is 7.46. The van der Waals surface area contributed by atoms with E-state index in [4.69, 9.17) is 9.47 Å². The van der Waals surface area contributed by atoms with Crippen LogP contribution in [0.5, 0.6) is 17.2 Å². The minimum absolute atomic E-state index is 0.107. The standard InChI is InChI=1S/C26H30F4O2/c1-2-4-16-6-8-17(9-7-16)15-31-21-14-20-13-19-11-10-18(5-3-12-27)22(28)25(19)32-26(20)24(30)23(21)29/h10-11,14,16-17H,2-9,12-13,15H2,1H3. The summed E-state index contributed by atoms with van der Waals surface area (Å²) in [6, 6.07) is 4.77. The van der Waals surface area contributed by atoms with Crippen LogP contribution in [0.1, 0.15) is 68.6 Å². The van der Waals surface area contributed by atoms with Gasteiger partial charge in [0.15, 0.2) is 23.1 Å². The summed E-state index contributed by atoms with van der Waals surface area (Å²) < 4.78 is 68.0. The van der Waals surface area contributed by atoms with Gasteiger partial charge in [0.1, 0.15) is 0 Å². The van der Waals surface area contributed by atoms with Crippen molar-refractivity contribution >= 4 is 0 Å². The van der Waals surface area contributed by atoms with Gasteiger partial charge in [0.2, 0.25) is 11.6 Å². The first-order valence-corrected chi connectivity index (χ1v) is 11.7. The lowest BCUT2D eigenvalue weighted by Gasteiger charge is -2.28. The minimum Gasteiger partial charge on any atom is -0.490 e. The van der Waals surface area contributed by atoms with Gasteiger partial charge in [-0.3, -0.25) is 4.39 Å². The molecule has 2 aromatic rings. The quantitative estimate of drug-likeness (QED) is 0.328. The van der Waals surface area contributed by atoms with Gasteiger partial charge in [0, 0.05) is 17.5 Å². The largest absolute Gasteiger partial charge is 0.490 e. The molecule has 0 spiro atoms. The van der Waals surface area contributed by atoms with Gasteiger partial charge in [0.25, 0.3) is 0 Å². The van der Waals surface area contributed by atoms with E-state index in [1.807, 2.05) is 0 Å². The second-order valence-electron chi connectivity index (χ2n) is 9.08. The van der Waals surface area contributed by atoms with E-state index in [1.54, 1.807) is 12.1 Å². The fraction of sp³-hybridized carbons (Fsp3) is 0.538. The second kappa shape index (κ2) is 10.1. The molecule has 1 aliphatic heterocycles. The molecule has 0 bridgehead atoms. The summed E-state index contributed by atoms with van der Waals surface area (Å²) in [5, 5.41) is 0. The zero-order chi connectivity index (χ0) is 22.7. The predicted molar refractivity (Wildman–Crippen MR) is 116 cm³/mol. The molecule has 32 heavy (non-hydrogen) atoms. The molecule has 4 rings (SSSR count). The molecular weight excluding hydrogens is 420 g/mol. The Hall–Kier alpha value is -2.24. The van der Waals surface area contributed by atoms with Gasteiger partial charge in [-0.1, -0.05) is 44.7 Å². The fourth-order valence-electron chi connectivity index (χ4n) is 4.93. The van der Waals surface area contributed by atoms with Gasteiger partial charge in [-0.05, 0) is 49.1 Å². The highest BCUT2D eigenvalue weighted by atomic mass is 19.2. The first-order chi connectivity index (χ1) is 15.5. The third kappa shape index (κ3) is 4.74. The van der Waals surface area contributed by atoms with E-state index in [2.05, 4.69) is 6.92 Å².